The molecule has 2 atom stereocenters. The van der Waals surface area contributed by atoms with Crippen LogP contribution in [0.1, 0.15) is 19.8 Å². The van der Waals surface area contributed by atoms with Crippen molar-refractivity contribution in [2.24, 2.45) is 0 Å². The number of nitrogens with zero attached hydrogens (tertiary/aromatic N) is 1. The maximum Gasteiger partial charge on any atom is 0.0207 e. The van der Waals surface area contributed by atoms with Crippen molar-refractivity contribution >= 4 is 11.8 Å². The van der Waals surface area contributed by atoms with Gasteiger partial charge < -0.3 is 10.2 Å². The third-order valence-corrected chi connectivity index (χ3v) is 3.82. The second-order valence-electron chi connectivity index (χ2n) is 4.04. The third kappa shape index (κ3) is 4.34. The summed E-state index contributed by atoms with van der Waals surface area (Å²) in [7, 11) is 2.20. The van der Waals surface area contributed by atoms with Gasteiger partial charge in [0, 0.05) is 17.8 Å². The van der Waals surface area contributed by atoms with Crippen molar-refractivity contribution in [1.29, 1.82) is 0 Å². The minimum absolute atomic E-state index is 0.749. The number of nitrogens with one attached hydrogen (secondary N) is 1. The fraction of sp³-hybridized carbons (Fsp3) is 1.00. The molecule has 0 aromatic rings. The lowest BCUT2D eigenvalue weighted by Gasteiger charge is -2.14. The zero-order valence-corrected chi connectivity index (χ0v) is 9.86. The van der Waals surface area contributed by atoms with Crippen molar-refractivity contribution in [2.75, 3.05) is 32.9 Å². The van der Waals surface area contributed by atoms with E-state index in [0.717, 1.165) is 11.3 Å². The molecule has 1 heterocycles. The molecular formula is C10H22N2S. The van der Waals surface area contributed by atoms with E-state index < -0.39 is 0 Å². The zero-order valence-electron chi connectivity index (χ0n) is 9.05. The monoisotopic (exact) mass is 202 g/mol. The molecule has 0 saturated carbocycles. The summed E-state index contributed by atoms with van der Waals surface area (Å²) in [6.07, 6.45) is 4.81. The first-order valence-corrected chi connectivity index (χ1v) is 6.46. The molecule has 0 aromatic heterocycles. The Morgan fingerprint density at radius 1 is 1.62 bits per heavy atom. The van der Waals surface area contributed by atoms with Crippen LogP contribution in [0.25, 0.3) is 0 Å². The summed E-state index contributed by atoms with van der Waals surface area (Å²) >= 11 is 1.96. The number of likely N-dealkylation sites (tertiary alicyclic amines) is 1. The Hall–Kier alpha value is 0.270. The van der Waals surface area contributed by atoms with E-state index in [2.05, 4.69) is 30.4 Å². The van der Waals surface area contributed by atoms with Gasteiger partial charge in [-0.05, 0) is 39.2 Å². The molecule has 0 bridgehead atoms. The Morgan fingerprint density at radius 3 is 2.92 bits per heavy atom. The number of hydrogen-bond acceptors (Lipinski definition) is 3. The molecule has 1 saturated heterocycles. The van der Waals surface area contributed by atoms with Crippen LogP contribution in [0, 0.1) is 0 Å². The van der Waals surface area contributed by atoms with Gasteiger partial charge in [0.05, 0.1) is 0 Å². The molecule has 0 aliphatic carbocycles. The molecule has 0 aromatic carbocycles. The summed E-state index contributed by atoms with van der Waals surface area (Å²) in [5.41, 5.74) is 0. The van der Waals surface area contributed by atoms with Gasteiger partial charge in [-0.15, -0.1) is 0 Å². The molecule has 78 valence electrons. The van der Waals surface area contributed by atoms with Gasteiger partial charge in [0.1, 0.15) is 0 Å². The standard InChI is InChI=1S/C10H22N2S/c1-9(13-3)4-6-11-10-5-7-12(2)8-10/h9-11H,4-8H2,1-3H3. The van der Waals surface area contributed by atoms with Crippen LogP contribution in [0.5, 0.6) is 0 Å². The lowest BCUT2D eigenvalue weighted by molar-refractivity contribution is 0.397. The lowest BCUT2D eigenvalue weighted by atomic mass is 10.2. The summed E-state index contributed by atoms with van der Waals surface area (Å²) in [6.45, 7) is 5.97. The summed E-state index contributed by atoms with van der Waals surface area (Å²) < 4.78 is 0. The Morgan fingerprint density at radius 2 is 2.38 bits per heavy atom. The molecule has 3 heteroatoms. The van der Waals surface area contributed by atoms with Gasteiger partial charge in [-0.1, -0.05) is 6.92 Å². The average Bonchev–Trinajstić information content (AvgIpc) is 2.51. The van der Waals surface area contributed by atoms with Crippen LogP contribution in [0.2, 0.25) is 0 Å². The second-order valence-corrected chi connectivity index (χ2v) is 5.31. The highest BCUT2D eigenvalue weighted by molar-refractivity contribution is 7.99. The Balaban J connectivity index is 2.00. The molecular weight excluding hydrogens is 180 g/mol. The first-order valence-electron chi connectivity index (χ1n) is 5.17. The first-order chi connectivity index (χ1) is 6.22. The van der Waals surface area contributed by atoms with Crippen molar-refractivity contribution in [1.82, 2.24) is 10.2 Å². The van der Waals surface area contributed by atoms with E-state index >= 15 is 0 Å². The highest BCUT2D eigenvalue weighted by Crippen LogP contribution is 2.10. The number of rotatable bonds is 5. The summed E-state index contributed by atoms with van der Waals surface area (Å²) in [5, 5.41) is 4.42. The molecule has 1 rings (SSSR count). The van der Waals surface area contributed by atoms with E-state index in [-0.39, 0.29) is 0 Å². The average molecular weight is 202 g/mol. The minimum Gasteiger partial charge on any atom is -0.313 e. The highest BCUT2D eigenvalue weighted by atomic mass is 32.2. The van der Waals surface area contributed by atoms with Gasteiger partial charge in [0.25, 0.3) is 0 Å². The maximum absolute atomic E-state index is 3.62. The van der Waals surface area contributed by atoms with E-state index in [9.17, 15) is 0 Å². The predicted octanol–water partition coefficient (Wildman–Crippen LogP) is 1.42. The minimum atomic E-state index is 0.749. The van der Waals surface area contributed by atoms with E-state index in [4.69, 9.17) is 0 Å². The van der Waals surface area contributed by atoms with Crippen LogP contribution in [-0.4, -0.2) is 49.1 Å². The summed E-state index contributed by atoms with van der Waals surface area (Å²) in [6, 6.07) is 0.749. The van der Waals surface area contributed by atoms with Gasteiger partial charge in [-0.3, -0.25) is 0 Å². The van der Waals surface area contributed by atoms with Gasteiger partial charge in [0.2, 0.25) is 0 Å². The normalized spacial score (nSPS) is 26.5. The molecule has 0 amide bonds. The molecule has 1 N–H and O–H groups in total. The molecule has 1 aliphatic rings. The highest BCUT2D eigenvalue weighted by Gasteiger charge is 2.18. The van der Waals surface area contributed by atoms with Crippen LogP contribution < -0.4 is 5.32 Å². The van der Waals surface area contributed by atoms with Gasteiger partial charge in [0.15, 0.2) is 0 Å². The van der Waals surface area contributed by atoms with Gasteiger partial charge in [-0.25, -0.2) is 0 Å². The number of thioether (sulfide) groups is 1. The first kappa shape index (κ1) is 11.3. The van der Waals surface area contributed by atoms with E-state index in [1.54, 1.807) is 0 Å². The van der Waals surface area contributed by atoms with Gasteiger partial charge in [-0.2, -0.15) is 11.8 Å². The topological polar surface area (TPSA) is 15.3 Å². The largest absolute Gasteiger partial charge is 0.313 e. The SMILES string of the molecule is CSC(C)CCNC1CCN(C)C1. The quantitative estimate of drug-likeness (QED) is 0.726. The predicted molar refractivity (Wildman–Crippen MR) is 61.5 cm³/mol. The molecule has 0 radical (unpaired) electrons. The van der Waals surface area contributed by atoms with E-state index in [1.165, 1.54) is 32.5 Å². The Kier molecular flexibility index (Phi) is 5.14. The van der Waals surface area contributed by atoms with E-state index in [0.29, 0.717) is 0 Å². The third-order valence-electron chi connectivity index (χ3n) is 2.78. The van der Waals surface area contributed by atoms with Gasteiger partial charge >= 0.3 is 0 Å². The lowest BCUT2D eigenvalue weighted by Crippen LogP contribution is -2.33. The van der Waals surface area contributed by atoms with Crippen molar-refractivity contribution < 1.29 is 0 Å². The fourth-order valence-corrected chi connectivity index (χ4v) is 2.06. The van der Waals surface area contributed by atoms with Crippen LogP contribution in [-0.2, 0) is 0 Å². The molecule has 13 heavy (non-hydrogen) atoms. The Labute approximate surface area is 86.5 Å². The van der Waals surface area contributed by atoms with Crippen molar-refractivity contribution in [2.45, 2.75) is 31.1 Å². The summed E-state index contributed by atoms with van der Waals surface area (Å²) in [5.74, 6) is 0. The second kappa shape index (κ2) is 5.89. The Bertz CT molecular complexity index is 141. The molecule has 1 aliphatic heterocycles. The number of likely N-dealkylation sites (N-methyl/N-ethyl adjacent to an activating group) is 1. The van der Waals surface area contributed by atoms with Crippen LogP contribution in [0.3, 0.4) is 0 Å². The van der Waals surface area contributed by atoms with Crippen LogP contribution in [0.4, 0.5) is 0 Å². The van der Waals surface area contributed by atoms with Crippen molar-refractivity contribution in [3.63, 3.8) is 0 Å². The van der Waals surface area contributed by atoms with E-state index in [1.807, 2.05) is 11.8 Å². The molecule has 2 unspecified atom stereocenters. The number of hydrogen-bond donors (Lipinski definition) is 1. The zero-order chi connectivity index (χ0) is 9.68. The smallest absolute Gasteiger partial charge is 0.0207 e. The molecule has 2 nitrogen and oxygen atoms in total. The van der Waals surface area contributed by atoms with Crippen molar-refractivity contribution in [3.8, 4) is 0 Å². The van der Waals surface area contributed by atoms with Crippen LogP contribution in [0.15, 0.2) is 0 Å². The van der Waals surface area contributed by atoms with Crippen LogP contribution >= 0.6 is 11.8 Å². The molecule has 1 fully saturated rings. The van der Waals surface area contributed by atoms with Crippen molar-refractivity contribution in [3.05, 3.63) is 0 Å². The fourth-order valence-electron chi connectivity index (χ4n) is 1.71. The summed E-state index contributed by atoms with van der Waals surface area (Å²) in [4.78, 5) is 2.40. The molecule has 0 spiro atoms. The maximum atomic E-state index is 3.62.